The van der Waals surface area contributed by atoms with E-state index in [1.807, 2.05) is 0 Å². The number of primary sulfonamides is 1. The molecule has 4 N–H and O–H groups in total. The Kier molecular flexibility index (Phi) is 9.41. The number of hydrogen-bond donors (Lipinski definition) is 3. The van der Waals surface area contributed by atoms with Gasteiger partial charge in [-0.1, -0.05) is 38.5 Å². The number of carboxylic acid groups (broad SMARTS) is 1. The number of hydrogen-bond acceptors (Lipinski definition) is 4. The Bertz CT molecular complexity index is 585. The average Bonchev–Trinajstić information content (AvgIpc) is 2.52. The third kappa shape index (κ3) is 9.52. The van der Waals surface area contributed by atoms with E-state index in [4.69, 9.17) is 10.2 Å². The van der Waals surface area contributed by atoms with E-state index in [9.17, 15) is 13.2 Å². The summed E-state index contributed by atoms with van der Waals surface area (Å²) in [6.07, 6.45) is 8.94. The lowest BCUT2D eigenvalue weighted by Gasteiger charge is -2.07. The van der Waals surface area contributed by atoms with Crippen molar-refractivity contribution in [2.45, 2.75) is 62.7 Å². The highest BCUT2D eigenvalue weighted by molar-refractivity contribution is 7.89. The lowest BCUT2D eigenvalue weighted by molar-refractivity contribution is -0.137. The number of carboxylic acids is 1. The number of aliphatic carboxylic acids is 1. The molecule has 0 amide bonds. The van der Waals surface area contributed by atoms with Crippen molar-refractivity contribution < 1.29 is 18.3 Å². The molecule has 136 valence electrons. The lowest BCUT2D eigenvalue weighted by Crippen LogP contribution is -2.12. The number of nitrogens with two attached hydrogens (primary N) is 1. The molecule has 0 aliphatic heterocycles. The third-order valence-corrected chi connectivity index (χ3v) is 4.76. The van der Waals surface area contributed by atoms with Gasteiger partial charge >= 0.3 is 5.97 Å². The molecule has 0 saturated carbocycles. The van der Waals surface area contributed by atoms with Crippen LogP contribution in [-0.4, -0.2) is 26.0 Å². The minimum Gasteiger partial charge on any atom is -0.481 e. The minimum absolute atomic E-state index is 0.122. The first-order valence-electron chi connectivity index (χ1n) is 8.48. The largest absolute Gasteiger partial charge is 0.481 e. The van der Waals surface area contributed by atoms with Gasteiger partial charge in [-0.25, -0.2) is 13.6 Å². The fourth-order valence-corrected chi connectivity index (χ4v) is 2.97. The van der Waals surface area contributed by atoms with Crippen molar-refractivity contribution in [1.82, 2.24) is 0 Å². The smallest absolute Gasteiger partial charge is 0.303 e. The van der Waals surface area contributed by atoms with Crippen molar-refractivity contribution in [2.24, 2.45) is 5.14 Å². The molecule has 0 saturated heterocycles. The van der Waals surface area contributed by atoms with Crippen LogP contribution in [0.4, 0.5) is 5.69 Å². The monoisotopic (exact) mass is 356 g/mol. The molecule has 6 nitrogen and oxygen atoms in total. The fourth-order valence-electron chi connectivity index (χ4n) is 2.46. The van der Waals surface area contributed by atoms with E-state index in [1.165, 1.54) is 31.4 Å². The first kappa shape index (κ1) is 20.4. The van der Waals surface area contributed by atoms with E-state index in [2.05, 4.69) is 5.32 Å². The van der Waals surface area contributed by atoms with Crippen LogP contribution in [0.3, 0.4) is 0 Å². The third-order valence-electron chi connectivity index (χ3n) is 3.83. The van der Waals surface area contributed by atoms with E-state index >= 15 is 0 Å². The van der Waals surface area contributed by atoms with Crippen molar-refractivity contribution >= 4 is 21.7 Å². The summed E-state index contributed by atoms with van der Waals surface area (Å²) < 4.78 is 22.3. The first-order valence-corrected chi connectivity index (χ1v) is 10.0. The highest BCUT2D eigenvalue weighted by Gasteiger charge is 2.06. The number of carbonyl (C=O) groups is 1. The van der Waals surface area contributed by atoms with Crippen LogP contribution < -0.4 is 10.5 Å². The molecule has 1 aromatic rings. The molecule has 0 fully saturated rings. The van der Waals surface area contributed by atoms with E-state index < -0.39 is 16.0 Å². The second-order valence-electron chi connectivity index (χ2n) is 5.97. The Hall–Kier alpha value is -1.60. The van der Waals surface area contributed by atoms with E-state index in [0.29, 0.717) is 0 Å². The van der Waals surface area contributed by atoms with Crippen LogP contribution in [0.25, 0.3) is 0 Å². The van der Waals surface area contributed by atoms with Crippen LogP contribution in [0, 0.1) is 0 Å². The van der Waals surface area contributed by atoms with Crippen LogP contribution in [0.2, 0.25) is 0 Å². The van der Waals surface area contributed by atoms with Gasteiger partial charge in [0, 0.05) is 18.7 Å². The summed E-state index contributed by atoms with van der Waals surface area (Å²) in [5, 5.41) is 16.8. The van der Waals surface area contributed by atoms with Gasteiger partial charge in [0.25, 0.3) is 0 Å². The number of nitrogens with one attached hydrogen (secondary N) is 1. The van der Waals surface area contributed by atoms with Gasteiger partial charge in [-0.15, -0.1) is 0 Å². The van der Waals surface area contributed by atoms with Gasteiger partial charge < -0.3 is 10.4 Å². The molecule has 0 spiro atoms. The standard InChI is InChI=1S/C17H28N2O4S/c18-24(22,23)16-12-10-15(11-13-16)19-14-8-6-4-2-1-3-5-7-9-17(20)21/h10-13,19H,1-9,14H2,(H,20,21)(H2,18,22,23). The van der Waals surface area contributed by atoms with E-state index in [0.717, 1.165) is 44.3 Å². The SMILES string of the molecule is NS(=O)(=O)c1ccc(NCCCCCCCCCCC(=O)O)cc1. The molecule has 0 bridgehead atoms. The van der Waals surface area contributed by atoms with E-state index in [1.54, 1.807) is 12.1 Å². The molecule has 0 unspecified atom stereocenters. The van der Waals surface area contributed by atoms with Crippen molar-refractivity contribution in [2.75, 3.05) is 11.9 Å². The van der Waals surface area contributed by atoms with Gasteiger partial charge in [0.15, 0.2) is 0 Å². The maximum absolute atomic E-state index is 11.1. The molecular formula is C17H28N2O4S. The predicted molar refractivity (Wildman–Crippen MR) is 95.5 cm³/mol. The number of benzene rings is 1. The molecule has 0 radical (unpaired) electrons. The van der Waals surface area contributed by atoms with Gasteiger partial charge in [-0.05, 0) is 37.1 Å². The summed E-state index contributed by atoms with van der Waals surface area (Å²) in [6.45, 7) is 0.854. The van der Waals surface area contributed by atoms with E-state index in [-0.39, 0.29) is 11.3 Å². The molecule has 1 aromatic carbocycles. The van der Waals surface area contributed by atoms with Gasteiger partial charge in [-0.2, -0.15) is 0 Å². The molecule has 0 atom stereocenters. The zero-order chi connectivity index (χ0) is 17.8. The second-order valence-corrected chi connectivity index (χ2v) is 7.53. The van der Waals surface area contributed by atoms with Crippen LogP contribution in [0.15, 0.2) is 29.2 Å². The van der Waals surface area contributed by atoms with Crippen molar-refractivity contribution in [3.63, 3.8) is 0 Å². The molecule has 24 heavy (non-hydrogen) atoms. The Morgan fingerprint density at radius 3 is 1.92 bits per heavy atom. The Morgan fingerprint density at radius 1 is 0.917 bits per heavy atom. The summed E-state index contributed by atoms with van der Waals surface area (Å²) in [4.78, 5) is 10.5. The average molecular weight is 356 g/mol. The zero-order valence-electron chi connectivity index (χ0n) is 14.0. The summed E-state index contributed by atoms with van der Waals surface area (Å²) in [5.74, 6) is -0.707. The number of anilines is 1. The zero-order valence-corrected chi connectivity index (χ0v) is 14.9. The van der Waals surface area contributed by atoms with Crippen LogP contribution in [-0.2, 0) is 14.8 Å². The summed E-state index contributed by atoms with van der Waals surface area (Å²) in [5.41, 5.74) is 0.890. The molecule has 0 heterocycles. The summed E-state index contributed by atoms with van der Waals surface area (Å²) in [7, 11) is -3.62. The van der Waals surface area contributed by atoms with Crippen LogP contribution >= 0.6 is 0 Å². The summed E-state index contributed by atoms with van der Waals surface area (Å²) in [6, 6.07) is 6.44. The fraction of sp³-hybridized carbons (Fsp3) is 0.588. The quantitative estimate of drug-likeness (QED) is 0.470. The van der Waals surface area contributed by atoms with Crippen molar-refractivity contribution in [3.05, 3.63) is 24.3 Å². The Balaban J connectivity index is 2.00. The maximum atomic E-state index is 11.1. The minimum atomic E-state index is -3.62. The van der Waals surface area contributed by atoms with Crippen molar-refractivity contribution in [1.29, 1.82) is 0 Å². The van der Waals surface area contributed by atoms with Crippen LogP contribution in [0.1, 0.15) is 57.8 Å². The highest BCUT2D eigenvalue weighted by atomic mass is 32.2. The number of rotatable bonds is 13. The van der Waals surface area contributed by atoms with Gasteiger partial charge in [0.2, 0.25) is 10.0 Å². The molecule has 1 rings (SSSR count). The normalized spacial score (nSPS) is 11.4. The topological polar surface area (TPSA) is 109 Å². The maximum Gasteiger partial charge on any atom is 0.303 e. The van der Waals surface area contributed by atoms with Crippen molar-refractivity contribution in [3.8, 4) is 0 Å². The van der Waals surface area contributed by atoms with Gasteiger partial charge in [-0.3, -0.25) is 4.79 Å². The Labute approximate surface area is 144 Å². The second kappa shape index (κ2) is 11.0. The number of unbranched alkanes of at least 4 members (excludes halogenated alkanes) is 7. The molecular weight excluding hydrogens is 328 g/mol. The Morgan fingerprint density at radius 2 is 1.42 bits per heavy atom. The lowest BCUT2D eigenvalue weighted by atomic mass is 10.1. The summed E-state index contributed by atoms with van der Waals surface area (Å²) >= 11 is 0. The number of sulfonamides is 1. The molecule has 7 heteroatoms. The molecule has 0 aliphatic carbocycles. The molecule has 0 aliphatic rings. The molecule has 0 aromatic heterocycles. The predicted octanol–water partition coefficient (Wildman–Crippen LogP) is 3.34. The van der Waals surface area contributed by atoms with Gasteiger partial charge in [0.1, 0.15) is 0 Å². The first-order chi connectivity index (χ1) is 11.4. The van der Waals surface area contributed by atoms with Gasteiger partial charge in [0.05, 0.1) is 4.90 Å². The van der Waals surface area contributed by atoms with Crippen LogP contribution in [0.5, 0.6) is 0 Å². The highest BCUT2D eigenvalue weighted by Crippen LogP contribution is 2.13.